The largest absolute Gasteiger partial charge is 0.353 e. The van der Waals surface area contributed by atoms with Crippen LogP contribution in [0.5, 0.6) is 0 Å². The molecular formula is C20H18FN3O2S. The van der Waals surface area contributed by atoms with Gasteiger partial charge in [0.05, 0.1) is 10.2 Å². The highest BCUT2D eigenvalue weighted by Crippen LogP contribution is 2.33. The molecule has 2 aromatic carbocycles. The molecule has 1 heterocycles. The van der Waals surface area contributed by atoms with Crippen LogP contribution >= 0.6 is 11.3 Å². The van der Waals surface area contributed by atoms with Crippen molar-refractivity contribution in [1.29, 1.82) is 0 Å². The Morgan fingerprint density at radius 1 is 1.26 bits per heavy atom. The van der Waals surface area contributed by atoms with Gasteiger partial charge in [0.15, 0.2) is 5.13 Å². The Labute approximate surface area is 159 Å². The number of nitrogens with one attached hydrogen (secondary N) is 2. The quantitative estimate of drug-likeness (QED) is 0.714. The van der Waals surface area contributed by atoms with E-state index >= 15 is 0 Å². The average Bonchev–Trinajstić information content (AvgIpc) is 3.03. The van der Waals surface area contributed by atoms with Gasteiger partial charge in [0.2, 0.25) is 5.91 Å². The van der Waals surface area contributed by atoms with Crippen LogP contribution in [0.4, 0.5) is 9.52 Å². The Balaban J connectivity index is 1.56. The molecule has 4 rings (SSSR count). The highest BCUT2D eigenvalue weighted by atomic mass is 32.1. The van der Waals surface area contributed by atoms with Crippen molar-refractivity contribution in [3.05, 3.63) is 47.8 Å². The summed E-state index contributed by atoms with van der Waals surface area (Å²) in [7, 11) is 0. The number of carbonyl (C=O) groups excluding carboxylic acids is 2. The third-order valence-corrected chi connectivity index (χ3v) is 5.64. The van der Waals surface area contributed by atoms with Crippen LogP contribution in [0.15, 0.2) is 42.0 Å². The first-order chi connectivity index (χ1) is 13.0. The molecule has 1 aliphatic carbocycles. The maximum Gasteiger partial charge on any atom is 0.253 e. The lowest BCUT2D eigenvalue weighted by atomic mass is 9.94. The summed E-state index contributed by atoms with van der Waals surface area (Å²) in [6, 6.07) is 8.29. The van der Waals surface area contributed by atoms with E-state index in [0.29, 0.717) is 17.1 Å². The van der Waals surface area contributed by atoms with Crippen molar-refractivity contribution >= 4 is 49.3 Å². The van der Waals surface area contributed by atoms with Crippen molar-refractivity contribution in [1.82, 2.24) is 10.3 Å². The van der Waals surface area contributed by atoms with Crippen molar-refractivity contribution < 1.29 is 14.0 Å². The second kappa shape index (κ2) is 7.08. The number of halogens is 1. The summed E-state index contributed by atoms with van der Waals surface area (Å²) < 4.78 is 14.3. The standard InChI is InChI=1S/C20H18FN3O2S/c1-11(25)22-15-4-2-3-13(10-15)19(26)24-20-23-17-8-5-12-9-14(21)6-7-16(12)18(17)27-20/h3,5-9,15H,2,4,10H2,1H3,(H,22,25)(H,23,24,26)/t15-/m0/s1. The van der Waals surface area contributed by atoms with Crippen molar-refractivity contribution in [2.24, 2.45) is 0 Å². The highest BCUT2D eigenvalue weighted by Gasteiger charge is 2.21. The molecule has 27 heavy (non-hydrogen) atoms. The number of anilines is 1. The van der Waals surface area contributed by atoms with E-state index in [9.17, 15) is 14.0 Å². The van der Waals surface area contributed by atoms with Crippen LogP contribution in [-0.4, -0.2) is 22.8 Å². The Morgan fingerprint density at radius 2 is 2.11 bits per heavy atom. The number of carbonyl (C=O) groups is 2. The molecule has 3 aromatic rings. The average molecular weight is 383 g/mol. The number of nitrogens with zero attached hydrogens (tertiary/aromatic N) is 1. The van der Waals surface area contributed by atoms with Crippen molar-refractivity contribution in [2.45, 2.75) is 32.2 Å². The number of allylic oxidation sites excluding steroid dienone is 1. The van der Waals surface area contributed by atoms with E-state index in [-0.39, 0.29) is 23.7 Å². The minimum absolute atomic E-state index is 0.0116. The Hall–Kier alpha value is -2.80. The highest BCUT2D eigenvalue weighted by molar-refractivity contribution is 7.23. The zero-order valence-electron chi connectivity index (χ0n) is 14.7. The number of benzene rings is 2. The number of hydrogen-bond acceptors (Lipinski definition) is 4. The summed E-state index contributed by atoms with van der Waals surface area (Å²) in [5.74, 6) is -0.562. The maximum atomic E-state index is 13.4. The zero-order valence-corrected chi connectivity index (χ0v) is 15.5. The smallest absolute Gasteiger partial charge is 0.253 e. The van der Waals surface area contributed by atoms with E-state index in [4.69, 9.17) is 0 Å². The van der Waals surface area contributed by atoms with E-state index in [1.807, 2.05) is 18.2 Å². The molecule has 1 atom stereocenters. The first-order valence-corrected chi connectivity index (χ1v) is 9.57. The third-order valence-electron chi connectivity index (χ3n) is 4.62. The van der Waals surface area contributed by atoms with Crippen molar-refractivity contribution in [3.8, 4) is 0 Å². The third kappa shape index (κ3) is 3.68. The van der Waals surface area contributed by atoms with Gasteiger partial charge < -0.3 is 5.32 Å². The summed E-state index contributed by atoms with van der Waals surface area (Å²) in [6.07, 6.45) is 4.02. The van der Waals surface area contributed by atoms with Gasteiger partial charge in [0, 0.05) is 23.9 Å². The van der Waals surface area contributed by atoms with Crippen LogP contribution in [0.3, 0.4) is 0 Å². The van der Waals surface area contributed by atoms with Crippen LogP contribution < -0.4 is 10.6 Å². The van der Waals surface area contributed by atoms with E-state index in [1.54, 1.807) is 6.07 Å². The van der Waals surface area contributed by atoms with Gasteiger partial charge >= 0.3 is 0 Å². The van der Waals surface area contributed by atoms with Crippen LogP contribution in [0.25, 0.3) is 21.0 Å². The minimum Gasteiger partial charge on any atom is -0.353 e. The second-order valence-electron chi connectivity index (χ2n) is 6.66. The van der Waals surface area contributed by atoms with Gasteiger partial charge in [-0.05, 0) is 48.9 Å². The number of thiazole rings is 1. The summed E-state index contributed by atoms with van der Waals surface area (Å²) in [5.41, 5.74) is 1.43. The normalized spacial score (nSPS) is 17.0. The van der Waals surface area contributed by atoms with Crippen LogP contribution in [-0.2, 0) is 9.59 Å². The van der Waals surface area contributed by atoms with Gasteiger partial charge in [-0.3, -0.25) is 14.9 Å². The monoisotopic (exact) mass is 383 g/mol. The molecule has 0 saturated carbocycles. The lowest BCUT2D eigenvalue weighted by Crippen LogP contribution is -2.36. The molecule has 0 radical (unpaired) electrons. The SMILES string of the molecule is CC(=O)N[C@H]1CCC=C(C(=O)Nc2nc3ccc4cc(F)ccc4c3s2)C1. The molecule has 0 fully saturated rings. The Bertz CT molecular complexity index is 1090. The molecule has 1 aliphatic rings. The second-order valence-corrected chi connectivity index (χ2v) is 7.66. The molecule has 1 aromatic heterocycles. The van der Waals surface area contributed by atoms with Crippen molar-refractivity contribution in [2.75, 3.05) is 5.32 Å². The van der Waals surface area contributed by atoms with Crippen LogP contribution in [0, 0.1) is 5.82 Å². The minimum atomic E-state index is -0.280. The summed E-state index contributed by atoms with van der Waals surface area (Å²) in [4.78, 5) is 28.3. The fourth-order valence-corrected chi connectivity index (χ4v) is 4.42. The van der Waals surface area contributed by atoms with Crippen LogP contribution in [0.1, 0.15) is 26.2 Å². The van der Waals surface area contributed by atoms with Crippen molar-refractivity contribution in [3.63, 3.8) is 0 Å². The van der Waals surface area contributed by atoms with E-state index in [0.717, 1.165) is 33.8 Å². The number of rotatable bonds is 3. The lowest BCUT2D eigenvalue weighted by Gasteiger charge is -2.22. The van der Waals surface area contributed by atoms with Gasteiger partial charge in [0.25, 0.3) is 5.91 Å². The van der Waals surface area contributed by atoms with Gasteiger partial charge in [-0.2, -0.15) is 0 Å². The maximum absolute atomic E-state index is 13.4. The molecule has 0 saturated heterocycles. The predicted molar refractivity (Wildman–Crippen MR) is 105 cm³/mol. The molecule has 0 aliphatic heterocycles. The Morgan fingerprint density at radius 3 is 2.93 bits per heavy atom. The topological polar surface area (TPSA) is 71.1 Å². The number of hydrogen-bond donors (Lipinski definition) is 2. The first-order valence-electron chi connectivity index (χ1n) is 8.76. The first kappa shape index (κ1) is 17.6. The fourth-order valence-electron chi connectivity index (χ4n) is 3.42. The zero-order chi connectivity index (χ0) is 19.0. The lowest BCUT2D eigenvalue weighted by molar-refractivity contribution is -0.120. The Kier molecular flexibility index (Phi) is 4.61. The molecule has 138 valence electrons. The fraction of sp³-hybridized carbons (Fsp3) is 0.250. The van der Waals surface area contributed by atoms with Crippen LogP contribution in [0.2, 0.25) is 0 Å². The predicted octanol–water partition coefficient (Wildman–Crippen LogP) is 4.14. The number of aromatic nitrogens is 1. The molecule has 2 N–H and O–H groups in total. The number of fused-ring (bicyclic) bond motifs is 3. The van der Waals surface area contributed by atoms with Gasteiger partial charge in [0.1, 0.15) is 5.82 Å². The molecule has 7 heteroatoms. The van der Waals surface area contributed by atoms with Gasteiger partial charge in [-0.1, -0.05) is 23.5 Å². The molecule has 5 nitrogen and oxygen atoms in total. The molecule has 0 bridgehead atoms. The van der Waals surface area contributed by atoms with E-state index in [1.165, 1.54) is 30.4 Å². The summed E-state index contributed by atoms with van der Waals surface area (Å²) >= 11 is 1.37. The van der Waals surface area contributed by atoms with E-state index < -0.39 is 0 Å². The van der Waals surface area contributed by atoms with Gasteiger partial charge in [-0.15, -0.1) is 0 Å². The van der Waals surface area contributed by atoms with E-state index in [2.05, 4.69) is 15.6 Å². The molecule has 2 amide bonds. The number of amides is 2. The molecule has 0 spiro atoms. The summed E-state index contributed by atoms with van der Waals surface area (Å²) in [5, 5.41) is 7.96. The summed E-state index contributed by atoms with van der Waals surface area (Å²) in [6.45, 7) is 1.48. The molecule has 0 unspecified atom stereocenters. The van der Waals surface area contributed by atoms with Gasteiger partial charge in [-0.25, -0.2) is 9.37 Å². The molecular weight excluding hydrogens is 365 g/mol.